The molecule has 4 heteroatoms. The molecule has 2 aromatic carbocycles. The minimum Gasteiger partial charge on any atom is -0.488 e. The van der Waals surface area contributed by atoms with Crippen LogP contribution < -0.4 is 10.4 Å². The highest BCUT2D eigenvalue weighted by Gasteiger charge is 2.13. The van der Waals surface area contributed by atoms with Crippen LogP contribution in [0.3, 0.4) is 0 Å². The maximum absolute atomic E-state index is 13.0. The van der Waals surface area contributed by atoms with Crippen molar-refractivity contribution in [2.45, 2.75) is 27.4 Å². The molecule has 0 aliphatic carbocycles. The van der Waals surface area contributed by atoms with E-state index in [1.165, 1.54) is 12.1 Å². The normalized spacial score (nSPS) is 11.0. The van der Waals surface area contributed by atoms with E-state index in [0.717, 1.165) is 22.1 Å². The highest BCUT2D eigenvalue weighted by molar-refractivity contribution is 5.88. The molecule has 3 nitrogen and oxygen atoms in total. The van der Waals surface area contributed by atoms with Crippen LogP contribution in [0.25, 0.3) is 11.0 Å². The van der Waals surface area contributed by atoms with Crippen LogP contribution in [0.5, 0.6) is 5.75 Å². The third-order valence-corrected chi connectivity index (χ3v) is 3.96. The van der Waals surface area contributed by atoms with Gasteiger partial charge in [-0.1, -0.05) is 12.1 Å². The quantitative estimate of drug-likeness (QED) is 0.671. The molecule has 0 saturated carbocycles. The van der Waals surface area contributed by atoms with Gasteiger partial charge in [-0.05, 0) is 61.7 Å². The number of hydrogen-bond acceptors (Lipinski definition) is 3. The first-order chi connectivity index (χ1) is 11.0. The van der Waals surface area contributed by atoms with Crippen molar-refractivity contribution in [3.05, 3.63) is 74.9 Å². The molecule has 0 amide bonds. The van der Waals surface area contributed by atoms with E-state index < -0.39 is 0 Å². The molecule has 0 bridgehead atoms. The number of halogens is 1. The maximum atomic E-state index is 13.0. The Hall–Kier alpha value is -2.62. The highest BCUT2D eigenvalue weighted by Crippen LogP contribution is 2.31. The number of benzene rings is 2. The lowest BCUT2D eigenvalue weighted by molar-refractivity contribution is 0.309. The summed E-state index contributed by atoms with van der Waals surface area (Å²) in [4.78, 5) is 11.8. The highest BCUT2D eigenvalue weighted by atomic mass is 19.1. The van der Waals surface area contributed by atoms with Gasteiger partial charge in [0.05, 0.1) is 5.39 Å². The summed E-state index contributed by atoms with van der Waals surface area (Å²) < 4.78 is 24.3. The van der Waals surface area contributed by atoms with Gasteiger partial charge in [-0.25, -0.2) is 9.18 Å². The third kappa shape index (κ3) is 2.97. The van der Waals surface area contributed by atoms with Crippen molar-refractivity contribution in [3.8, 4) is 5.75 Å². The predicted molar refractivity (Wildman–Crippen MR) is 87.4 cm³/mol. The minimum absolute atomic E-state index is 0.275. The van der Waals surface area contributed by atoms with E-state index in [-0.39, 0.29) is 11.4 Å². The van der Waals surface area contributed by atoms with E-state index in [1.807, 2.05) is 26.0 Å². The van der Waals surface area contributed by atoms with Crippen molar-refractivity contribution < 1.29 is 13.5 Å². The predicted octanol–water partition coefficient (Wildman–Crippen LogP) is 4.44. The zero-order valence-corrected chi connectivity index (χ0v) is 13.3. The third-order valence-electron chi connectivity index (χ3n) is 3.96. The molecular weight excluding hydrogens is 295 g/mol. The van der Waals surface area contributed by atoms with Crippen LogP contribution in [-0.4, -0.2) is 0 Å². The lowest BCUT2D eigenvalue weighted by atomic mass is 10.0. The van der Waals surface area contributed by atoms with Crippen LogP contribution in [0.1, 0.15) is 22.3 Å². The summed E-state index contributed by atoms with van der Waals surface area (Å²) in [5.41, 5.74) is 3.43. The minimum atomic E-state index is -0.329. The molecule has 3 aromatic rings. The van der Waals surface area contributed by atoms with Gasteiger partial charge in [-0.15, -0.1) is 0 Å². The Morgan fingerprint density at radius 1 is 1.04 bits per heavy atom. The number of hydrogen-bond donors (Lipinski definition) is 0. The standard InChI is InChI=1S/C19H17FO3/c1-11-8-16(22-10-14-4-6-15(20)7-5-14)18-12(2)13(3)19(21)23-17(18)9-11/h4-9H,10H2,1-3H3. The van der Waals surface area contributed by atoms with Crippen molar-refractivity contribution in [1.29, 1.82) is 0 Å². The Labute approximate surface area is 133 Å². The van der Waals surface area contributed by atoms with Crippen molar-refractivity contribution in [1.82, 2.24) is 0 Å². The van der Waals surface area contributed by atoms with E-state index in [1.54, 1.807) is 19.1 Å². The molecule has 0 unspecified atom stereocenters. The van der Waals surface area contributed by atoms with Crippen molar-refractivity contribution in [2.24, 2.45) is 0 Å². The van der Waals surface area contributed by atoms with Crippen LogP contribution in [0.2, 0.25) is 0 Å². The largest absolute Gasteiger partial charge is 0.488 e. The molecule has 0 N–H and O–H groups in total. The van der Waals surface area contributed by atoms with E-state index >= 15 is 0 Å². The van der Waals surface area contributed by atoms with Gasteiger partial charge in [0.25, 0.3) is 0 Å². The Kier molecular flexibility index (Phi) is 3.90. The Bertz CT molecular complexity index is 924. The molecule has 0 spiro atoms. The zero-order chi connectivity index (χ0) is 16.6. The molecule has 0 saturated heterocycles. The Balaban J connectivity index is 2.04. The molecule has 0 atom stereocenters. The first-order valence-corrected chi connectivity index (χ1v) is 7.37. The number of aryl methyl sites for hydroxylation is 2. The van der Waals surface area contributed by atoms with E-state index in [9.17, 15) is 9.18 Å². The number of fused-ring (bicyclic) bond motifs is 1. The summed E-state index contributed by atoms with van der Waals surface area (Å²) >= 11 is 0. The van der Waals surface area contributed by atoms with Gasteiger partial charge in [0.2, 0.25) is 0 Å². The summed E-state index contributed by atoms with van der Waals surface area (Å²) in [5.74, 6) is 0.386. The van der Waals surface area contributed by atoms with Crippen LogP contribution in [0.4, 0.5) is 4.39 Å². The van der Waals surface area contributed by atoms with Crippen LogP contribution in [0, 0.1) is 26.6 Å². The maximum Gasteiger partial charge on any atom is 0.339 e. The average Bonchev–Trinajstić information content (AvgIpc) is 2.51. The van der Waals surface area contributed by atoms with Gasteiger partial charge in [-0.2, -0.15) is 0 Å². The Morgan fingerprint density at radius 3 is 2.43 bits per heavy atom. The van der Waals surface area contributed by atoms with Crippen LogP contribution >= 0.6 is 0 Å². The molecule has 0 fully saturated rings. The van der Waals surface area contributed by atoms with E-state index in [4.69, 9.17) is 9.15 Å². The van der Waals surface area contributed by atoms with Crippen LogP contribution in [0.15, 0.2) is 45.6 Å². The van der Waals surface area contributed by atoms with Crippen molar-refractivity contribution in [3.63, 3.8) is 0 Å². The monoisotopic (exact) mass is 312 g/mol. The number of ether oxygens (including phenoxy) is 1. The molecule has 1 heterocycles. The van der Waals surface area contributed by atoms with Gasteiger partial charge in [-0.3, -0.25) is 0 Å². The zero-order valence-electron chi connectivity index (χ0n) is 13.3. The summed E-state index contributed by atoms with van der Waals surface area (Å²) in [5, 5.41) is 0.801. The fourth-order valence-electron chi connectivity index (χ4n) is 2.54. The van der Waals surface area contributed by atoms with Gasteiger partial charge in [0.15, 0.2) is 0 Å². The van der Waals surface area contributed by atoms with E-state index in [0.29, 0.717) is 23.5 Å². The fraction of sp³-hybridized carbons (Fsp3) is 0.211. The number of rotatable bonds is 3. The summed E-state index contributed by atoms with van der Waals surface area (Å²) in [6.07, 6.45) is 0. The van der Waals surface area contributed by atoms with Crippen molar-refractivity contribution in [2.75, 3.05) is 0 Å². The van der Waals surface area contributed by atoms with Crippen LogP contribution in [-0.2, 0) is 6.61 Å². The first-order valence-electron chi connectivity index (χ1n) is 7.37. The SMILES string of the molecule is Cc1cc(OCc2ccc(F)cc2)c2c(C)c(C)c(=O)oc2c1. The lowest BCUT2D eigenvalue weighted by Crippen LogP contribution is -2.07. The van der Waals surface area contributed by atoms with Gasteiger partial charge < -0.3 is 9.15 Å². The Morgan fingerprint density at radius 2 is 1.74 bits per heavy atom. The first kappa shape index (κ1) is 15.3. The van der Waals surface area contributed by atoms with Gasteiger partial charge in [0.1, 0.15) is 23.8 Å². The smallest absolute Gasteiger partial charge is 0.339 e. The molecule has 23 heavy (non-hydrogen) atoms. The molecule has 118 valence electrons. The summed E-state index contributed by atoms with van der Waals surface area (Å²) in [7, 11) is 0. The molecule has 0 aliphatic rings. The van der Waals surface area contributed by atoms with Crippen molar-refractivity contribution >= 4 is 11.0 Å². The topological polar surface area (TPSA) is 39.4 Å². The van der Waals surface area contributed by atoms with E-state index in [2.05, 4.69) is 0 Å². The fourth-order valence-corrected chi connectivity index (χ4v) is 2.54. The average molecular weight is 312 g/mol. The molecule has 0 radical (unpaired) electrons. The second-order valence-corrected chi connectivity index (χ2v) is 5.69. The van der Waals surface area contributed by atoms with Gasteiger partial charge in [0, 0.05) is 5.56 Å². The van der Waals surface area contributed by atoms with Gasteiger partial charge >= 0.3 is 5.63 Å². The molecular formula is C19H17FO3. The summed E-state index contributed by atoms with van der Waals surface area (Å²) in [6.45, 7) is 5.86. The molecule has 3 rings (SSSR count). The second-order valence-electron chi connectivity index (χ2n) is 5.69. The molecule has 1 aromatic heterocycles. The lowest BCUT2D eigenvalue weighted by Gasteiger charge is -2.13. The molecule has 0 aliphatic heterocycles. The second kappa shape index (κ2) is 5.88. The summed E-state index contributed by atoms with van der Waals surface area (Å²) in [6, 6.07) is 9.92.